The number of amides is 1. The minimum Gasteiger partial charge on any atom is -0.466 e. The first-order chi connectivity index (χ1) is 35.0. The van der Waals surface area contributed by atoms with E-state index in [4.69, 9.17) is 4.74 Å². The predicted molar refractivity (Wildman–Crippen MR) is 310 cm³/mol. The third-order valence-corrected chi connectivity index (χ3v) is 15.0. The Morgan fingerprint density at radius 1 is 0.380 bits per heavy atom. The first kappa shape index (κ1) is 69.3. The molecule has 0 heterocycles. The lowest BCUT2D eigenvalue weighted by Crippen LogP contribution is -2.45. The molecule has 3 N–H and O–H groups in total. The van der Waals surface area contributed by atoms with Crippen LogP contribution in [0.3, 0.4) is 0 Å². The minimum atomic E-state index is -0.845. The molecule has 71 heavy (non-hydrogen) atoms. The van der Waals surface area contributed by atoms with Crippen molar-refractivity contribution < 1.29 is 24.5 Å². The monoisotopic (exact) mass is 1000 g/mol. The number of aliphatic hydroxyl groups is 2. The van der Waals surface area contributed by atoms with Gasteiger partial charge in [-0.25, -0.2) is 0 Å². The maximum atomic E-state index is 12.5. The molecule has 1 amide bonds. The Bertz CT molecular complexity index is 1110. The highest BCUT2D eigenvalue weighted by Crippen LogP contribution is 2.18. The number of carbonyl (C=O) groups excluding carboxylic acids is 2. The summed E-state index contributed by atoms with van der Waals surface area (Å²) in [5.74, 6) is -0.0522. The Balaban J connectivity index is 3.40. The number of allylic oxidation sites excluding steroid dienone is 3. The van der Waals surface area contributed by atoms with Crippen molar-refractivity contribution in [2.45, 2.75) is 366 Å². The molecule has 2 atom stereocenters. The number of ether oxygens (including phenoxy) is 1. The van der Waals surface area contributed by atoms with Gasteiger partial charge in [-0.3, -0.25) is 9.59 Å². The predicted octanol–water partition coefficient (Wildman–Crippen LogP) is 20.2. The fourth-order valence-corrected chi connectivity index (χ4v) is 10.0. The van der Waals surface area contributed by atoms with Gasteiger partial charge in [0.1, 0.15) is 0 Å². The first-order valence-electron chi connectivity index (χ1n) is 32.1. The van der Waals surface area contributed by atoms with Crippen LogP contribution in [0.15, 0.2) is 24.3 Å². The van der Waals surface area contributed by atoms with Gasteiger partial charge < -0.3 is 20.3 Å². The standard InChI is InChI=1S/C65H125NO5/c1-3-5-7-9-11-13-15-17-30-34-37-41-45-49-53-57-63(68)62(61-67)66-64(69)58-54-50-46-42-38-35-31-28-26-24-22-20-18-19-21-23-25-27-29-32-36-40-44-48-52-56-60-71-65(70)59-55-51-47-43-39-33-16-14-12-10-8-6-4-2/h18,20,53,57,62-63,67-68H,3-17,19,21-52,54-56,58-61H2,1-2H3,(H,66,69)/b20-18-,57-53+. The van der Waals surface area contributed by atoms with Gasteiger partial charge in [0.15, 0.2) is 0 Å². The van der Waals surface area contributed by atoms with Gasteiger partial charge in [-0.05, 0) is 57.8 Å². The zero-order valence-corrected chi connectivity index (χ0v) is 48.0. The number of esters is 1. The second-order valence-electron chi connectivity index (χ2n) is 22.1. The lowest BCUT2D eigenvalue weighted by Gasteiger charge is -2.20. The summed E-state index contributed by atoms with van der Waals surface area (Å²) in [5.41, 5.74) is 0. The van der Waals surface area contributed by atoms with Gasteiger partial charge >= 0.3 is 5.97 Å². The second kappa shape index (κ2) is 60.9. The molecular weight excluding hydrogens is 875 g/mol. The van der Waals surface area contributed by atoms with Gasteiger partial charge in [-0.15, -0.1) is 0 Å². The number of unbranched alkanes of at least 4 members (excludes halogenated alkanes) is 47. The van der Waals surface area contributed by atoms with E-state index >= 15 is 0 Å². The molecular formula is C65H125NO5. The van der Waals surface area contributed by atoms with Gasteiger partial charge in [0, 0.05) is 12.8 Å². The summed E-state index contributed by atoms with van der Waals surface area (Å²) >= 11 is 0. The SMILES string of the molecule is CCCCCCCCCCCCCCC/C=C/C(O)C(CO)NC(=O)CCCCCCCCCCCC/C=C\CCCCCCCCCCCCCCOC(=O)CCCCCCCCCCCCCCC. The molecule has 6 nitrogen and oxygen atoms in total. The molecule has 2 unspecified atom stereocenters. The lowest BCUT2D eigenvalue weighted by atomic mass is 10.0. The van der Waals surface area contributed by atoms with Crippen molar-refractivity contribution in [1.82, 2.24) is 5.32 Å². The van der Waals surface area contributed by atoms with E-state index in [-0.39, 0.29) is 18.5 Å². The maximum absolute atomic E-state index is 12.5. The van der Waals surface area contributed by atoms with Crippen LogP contribution in [0.2, 0.25) is 0 Å². The molecule has 0 aliphatic rings. The molecule has 0 aliphatic heterocycles. The first-order valence-corrected chi connectivity index (χ1v) is 32.1. The van der Waals surface area contributed by atoms with Crippen LogP contribution in [0.25, 0.3) is 0 Å². The van der Waals surface area contributed by atoms with Crippen molar-refractivity contribution in [2.24, 2.45) is 0 Å². The zero-order chi connectivity index (χ0) is 51.4. The fourth-order valence-electron chi connectivity index (χ4n) is 10.0. The average Bonchev–Trinajstić information content (AvgIpc) is 3.37. The normalized spacial score (nSPS) is 12.7. The molecule has 0 aliphatic carbocycles. The molecule has 0 aromatic carbocycles. The Morgan fingerprint density at radius 2 is 0.662 bits per heavy atom. The number of nitrogens with one attached hydrogen (secondary N) is 1. The highest BCUT2D eigenvalue weighted by atomic mass is 16.5. The summed E-state index contributed by atoms with van der Waals surface area (Å²) in [7, 11) is 0. The zero-order valence-electron chi connectivity index (χ0n) is 48.0. The van der Waals surface area contributed by atoms with E-state index in [9.17, 15) is 19.8 Å². The molecule has 0 bridgehead atoms. The minimum absolute atomic E-state index is 0.0158. The Hall–Kier alpha value is -1.66. The highest BCUT2D eigenvalue weighted by molar-refractivity contribution is 5.76. The maximum Gasteiger partial charge on any atom is 0.305 e. The van der Waals surface area contributed by atoms with Crippen LogP contribution < -0.4 is 5.32 Å². The van der Waals surface area contributed by atoms with Crippen molar-refractivity contribution in [3.05, 3.63) is 24.3 Å². The molecule has 0 aromatic rings. The quantitative estimate of drug-likeness (QED) is 0.0320. The molecule has 0 spiro atoms. The van der Waals surface area contributed by atoms with Crippen molar-refractivity contribution in [3.63, 3.8) is 0 Å². The van der Waals surface area contributed by atoms with Gasteiger partial charge in [-0.1, -0.05) is 308 Å². The van der Waals surface area contributed by atoms with E-state index in [0.717, 1.165) is 38.5 Å². The van der Waals surface area contributed by atoms with Crippen LogP contribution in [0.4, 0.5) is 0 Å². The van der Waals surface area contributed by atoms with Crippen LogP contribution in [0.1, 0.15) is 354 Å². The molecule has 0 aromatic heterocycles. The number of carbonyl (C=O) groups is 2. The van der Waals surface area contributed by atoms with Crippen LogP contribution in [-0.2, 0) is 14.3 Å². The van der Waals surface area contributed by atoms with Crippen molar-refractivity contribution >= 4 is 11.9 Å². The Morgan fingerprint density at radius 3 is 1.00 bits per heavy atom. The third kappa shape index (κ3) is 57.5. The van der Waals surface area contributed by atoms with Gasteiger partial charge in [0.05, 0.1) is 25.4 Å². The van der Waals surface area contributed by atoms with E-state index in [2.05, 4.69) is 31.3 Å². The number of aliphatic hydroxyl groups excluding tert-OH is 2. The molecule has 6 heteroatoms. The lowest BCUT2D eigenvalue weighted by molar-refractivity contribution is -0.143. The van der Waals surface area contributed by atoms with E-state index < -0.39 is 12.1 Å². The number of hydrogen-bond donors (Lipinski definition) is 3. The summed E-state index contributed by atoms with van der Waals surface area (Å²) in [5, 5.41) is 23.1. The molecule has 420 valence electrons. The van der Waals surface area contributed by atoms with Gasteiger partial charge in [0.25, 0.3) is 0 Å². The second-order valence-corrected chi connectivity index (χ2v) is 22.1. The van der Waals surface area contributed by atoms with Gasteiger partial charge in [0.2, 0.25) is 5.91 Å². The summed E-state index contributed by atoms with van der Waals surface area (Å²) in [6.07, 6.45) is 75.1. The van der Waals surface area contributed by atoms with E-state index in [0.29, 0.717) is 19.4 Å². The topological polar surface area (TPSA) is 95.9 Å². The number of rotatable bonds is 60. The Labute approximate surface area is 443 Å². The molecule has 0 saturated heterocycles. The third-order valence-electron chi connectivity index (χ3n) is 15.0. The van der Waals surface area contributed by atoms with Crippen LogP contribution in [0.5, 0.6) is 0 Å². The van der Waals surface area contributed by atoms with E-state index in [1.54, 1.807) is 6.08 Å². The Kier molecular flexibility index (Phi) is 59.5. The molecule has 0 fully saturated rings. The van der Waals surface area contributed by atoms with Crippen LogP contribution >= 0.6 is 0 Å². The summed E-state index contributed by atoms with van der Waals surface area (Å²) in [6.45, 7) is 4.92. The summed E-state index contributed by atoms with van der Waals surface area (Å²) in [6, 6.07) is -0.628. The molecule has 0 radical (unpaired) electrons. The number of hydrogen-bond acceptors (Lipinski definition) is 5. The van der Waals surface area contributed by atoms with E-state index in [1.807, 2.05) is 6.08 Å². The smallest absolute Gasteiger partial charge is 0.305 e. The van der Waals surface area contributed by atoms with Crippen molar-refractivity contribution in [2.75, 3.05) is 13.2 Å². The average molecular weight is 1000 g/mol. The largest absolute Gasteiger partial charge is 0.466 e. The van der Waals surface area contributed by atoms with Crippen LogP contribution in [0, 0.1) is 0 Å². The fraction of sp³-hybridized carbons (Fsp3) is 0.908. The summed E-state index contributed by atoms with van der Waals surface area (Å²) < 4.78 is 5.48. The molecule has 0 saturated carbocycles. The van der Waals surface area contributed by atoms with Crippen molar-refractivity contribution in [3.8, 4) is 0 Å². The highest BCUT2D eigenvalue weighted by Gasteiger charge is 2.18. The summed E-state index contributed by atoms with van der Waals surface area (Å²) in [4.78, 5) is 24.5. The van der Waals surface area contributed by atoms with Gasteiger partial charge in [-0.2, -0.15) is 0 Å². The van der Waals surface area contributed by atoms with Crippen molar-refractivity contribution in [1.29, 1.82) is 0 Å². The molecule has 0 rings (SSSR count). The van der Waals surface area contributed by atoms with Crippen LogP contribution in [-0.4, -0.2) is 47.4 Å². The van der Waals surface area contributed by atoms with E-state index in [1.165, 1.54) is 289 Å².